The topological polar surface area (TPSA) is 64.6 Å². The lowest BCUT2D eigenvalue weighted by Gasteiger charge is -2.32. The molecule has 2 rings (SSSR count). The van der Waals surface area contributed by atoms with Gasteiger partial charge in [-0.3, -0.25) is 4.90 Å². The van der Waals surface area contributed by atoms with Crippen LogP contribution < -0.4 is 10.6 Å². The van der Waals surface area contributed by atoms with Gasteiger partial charge >= 0.3 is 6.03 Å². The van der Waals surface area contributed by atoms with Gasteiger partial charge in [-0.1, -0.05) is 29.8 Å². The van der Waals surface area contributed by atoms with Gasteiger partial charge in [-0.25, -0.2) is 4.79 Å². The van der Waals surface area contributed by atoms with Crippen LogP contribution >= 0.6 is 0 Å². The van der Waals surface area contributed by atoms with Crippen molar-refractivity contribution in [2.24, 2.45) is 0 Å². The van der Waals surface area contributed by atoms with Crippen LogP contribution in [0, 0.1) is 6.92 Å². The quantitative estimate of drug-likeness (QED) is 0.775. The van der Waals surface area contributed by atoms with Crippen LogP contribution in [0.4, 0.5) is 4.79 Å². The molecule has 22 heavy (non-hydrogen) atoms. The predicted molar refractivity (Wildman–Crippen MR) is 87.7 cm³/mol. The van der Waals surface area contributed by atoms with E-state index >= 15 is 0 Å². The standard InChI is InChI=1S/C17H27N3O2/c1-13-4-3-5-15(10-13)11-20-8-6-16(7-9-20)19-17(22)18-14(2)12-21/h3-5,10,14,16,21H,6-9,11-12H2,1-2H3,(H2,18,19,22). The molecule has 1 atom stereocenters. The highest BCUT2D eigenvalue weighted by molar-refractivity contribution is 5.74. The Kier molecular flexibility index (Phi) is 6.21. The van der Waals surface area contributed by atoms with Gasteiger partial charge in [0.1, 0.15) is 0 Å². The molecule has 1 unspecified atom stereocenters. The number of likely N-dealkylation sites (tertiary alicyclic amines) is 1. The zero-order chi connectivity index (χ0) is 15.9. The number of hydrogen-bond acceptors (Lipinski definition) is 3. The number of carbonyl (C=O) groups is 1. The minimum atomic E-state index is -0.207. The zero-order valence-electron chi connectivity index (χ0n) is 13.5. The van der Waals surface area contributed by atoms with Gasteiger partial charge in [0.15, 0.2) is 0 Å². The highest BCUT2D eigenvalue weighted by atomic mass is 16.3. The van der Waals surface area contributed by atoms with Gasteiger partial charge in [0, 0.05) is 25.7 Å². The molecule has 1 aliphatic heterocycles. The molecule has 0 aliphatic carbocycles. The summed E-state index contributed by atoms with van der Waals surface area (Å²) >= 11 is 0. The fourth-order valence-corrected chi connectivity index (χ4v) is 2.80. The molecule has 0 radical (unpaired) electrons. The van der Waals surface area contributed by atoms with E-state index in [1.807, 2.05) is 0 Å². The van der Waals surface area contributed by atoms with Gasteiger partial charge in [-0.2, -0.15) is 0 Å². The number of benzene rings is 1. The van der Waals surface area contributed by atoms with Crippen LogP contribution in [0.5, 0.6) is 0 Å². The Balaban J connectivity index is 1.72. The maximum absolute atomic E-state index is 11.7. The lowest BCUT2D eigenvalue weighted by molar-refractivity contribution is 0.183. The summed E-state index contributed by atoms with van der Waals surface area (Å²) in [6.07, 6.45) is 1.93. The Hall–Kier alpha value is -1.59. The first-order valence-electron chi connectivity index (χ1n) is 8.02. The molecule has 0 saturated carbocycles. The van der Waals surface area contributed by atoms with Crippen LogP contribution in [-0.4, -0.2) is 47.8 Å². The van der Waals surface area contributed by atoms with Crippen molar-refractivity contribution in [3.63, 3.8) is 0 Å². The van der Waals surface area contributed by atoms with E-state index in [9.17, 15) is 4.79 Å². The first kappa shape index (κ1) is 16.8. The second kappa shape index (κ2) is 8.15. The molecule has 0 bridgehead atoms. The first-order valence-corrected chi connectivity index (χ1v) is 8.02. The largest absolute Gasteiger partial charge is 0.394 e. The Labute approximate surface area is 132 Å². The molecule has 1 aliphatic rings. The lowest BCUT2D eigenvalue weighted by Crippen LogP contribution is -2.50. The van der Waals surface area contributed by atoms with Crippen molar-refractivity contribution < 1.29 is 9.90 Å². The van der Waals surface area contributed by atoms with E-state index in [0.29, 0.717) is 0 Å². The monoisotopic (exact) mass is 305 g/mol. The Morgan fingerprint density at radius 1 is 1.41 bits per heavy atom. The molecule has 1 aromatic rings. The van der Waals surface area contributed by atoms with Crippen LogP contribution in [0.25, 0.3) is 0 Å². The van der Waals surface area contributed by atoms with E-state index in [1.165, 1.54) is 11.1 Å². The molecular weight excluding hydrogens is 278 g/mol. The minimum absolute atomic E-state index is 0.0393. The Morgan fingerprint density at radius 2 is 2.14 bits per heavy atom. The van der Waals surface area contributed by atoms with Crippen molar-refractivity contribution in [2.45, 2.75) is 45.3 Å². The summed E-state index contributed by atoms with van der Waals surface area (Å²) in [5, 5.41) is 14.6. The van der Waals surface area contributed by atoms with Gasteiger partial charge in [0.05, 0.1) is 12.6 Å². The molecule has 5 nitrogen and oxygen atoms in total. The van der Waals surface area contributed by atoms with Crippen molar-refractivity contribution in [1.82, 2.24) is 15.5 Å². The molecule has 2 amide bonds. The SMILES string of the molecule is Cc1cccc(CN2CCC(NC(=O)NC(C)CO)CC2)c1. The highest BCUT2D eigenvalue weighted by Crippen LogP contribution is 2.14. The van der Waals surface area contributed by atoms with E-state index in [-0.39, 0.29) is 24.7 Å². The average molecular weight is 305 g/mol. The summed E-state index contributed by atoms with van der Waals surface area (Å²) in [4.78, 5) is 14.2. The second-order valence-corrected chi connectivity index (χ2v) is 6.24. The van der Waals surface area contributed by atoms with Gasteiger partial charge < -0.3 is 15.7 Å². The summed E-state index contributed by atoms with van der Waals surface area (Å²) in [6.45, 7) is 6.82. The van der Waals surface area contributed by atoms with Gasteiger partial charge in [0.25, 0.3) is 0 Å². The van der Waals surface area contributed by atoms with Gasteiger partial charge in [-0.05, 0) is 32.3 Å². The molecule has 0 spiro atoms. The number of carbonyl (C=O) groups excluding carboxylic acids is 1. The molecule has 1 heterocycles. The molecule has 1 fully saturated rings. The van der Waals surface area contributed by atoms with E-state index < -0.39 is 0 Å². The fourth-order valence-electron chi connectivity index (χ4n) is 2.80. The second-order valence-electron chi connectivity index (χ2n) is 6.24. The smallest absolute Gasteiger partial charge is 0.315 e. The van der Waals surface area contributed by atoms with E-state index in [0.717, 1.165) is 32.5 Å². The molecule has 122 valence electrons. The fraction of sp³-hybridized carbons (Fsp3) is 0.588. The molecule has 5 heteroatoms. The molecule has 1 saturated heterocycles. The minimum Gasteiger partial charge on any atom is -0.394 e. The summed E-state index contributed by atoms with van der Waals surface area (Å²) in [5.41, 5.74) is 2.64. The normalized spacial score (nSPS) is 18.0. The number of nitrogens with one attached hydrogen (secondary N) is 2. The van der Waals surface area contributed by atoms with Crippen molar-refractivity contribution in [1.29, 1.82) is 0 Å². The molecule has 0 aromatic heterocycles. The maximum Gasteiger partial charge on any atom is 0.315 e. The number of hydrogen-bond donors (Lipinski definition) is 3. The molecular formula is C17H27N3O2. The van der Waals surface area contributed by atoms with Crippen molar-refractivity contribution in [2.75, 3.05) is 19.7 Å². The number of aryl methyl sites for hydroxylation is 1. The van der Waals surface area contributed by atoms with Gasteiger partial charge in [0.2, 0.25) is 0 Å². The van der Waals surface area contributed by atoms with Crippen LogP contribution in [0.3, 0.4) is 0 Å². The number of nitrogens with zero attached hydrogens (tertiary/aromatic N) is 1. The molecule has 3 N–H and O–H groups in total. The summed E-state index contributed by atoms with van der Waals surface area (Å²) < 4.78 is 0. The number of aliphatic hydroxyl groups excluding tert-OH is 1. The van der Waals surface area contributed by atoms with Crippen molar-refractivity contribution in [3.8, 4) is 0 Å². The zero-order valence-corrected chi connectivity index (χ0v) is 13.5. The van der Waals surface area contributed by atoms with E-state index in [4.69, 9.17) is 5.11 Å². The first-order chi connectivity index (χ1) is 10.6. The van der Waals surface area contributed by atoms with E-state index in [1.54, 1.807) is 6.92 Å². The summed E-state index contributed by atoms with van der Waals surface area (Å²) in [5.74, 6) is 0. The number of amides is 2. The third-order valence-electron chi connectivity index (χ3n) is 4.06. The Bertz CT molecular complexity index is 485. The Morgan fingerprint density at radius 3 is 2.77 bits per heavy atom. The third-order valence-corrected chi connectivity index (χ3v) is 4.06. The van der Waals surface area contributed by atoms with Crippen molar-refractivity contribution in [3.05, 3.63) is 35.4 Å². The lowest BCUT2D eigenvalue weighted by atomic mass is 10.0. The van der Waals surface area contributed by atoms with Crippen LogP contribution in [0.1, 0.15) is 30.9 Å². The van der Waals surface area contributed by atoms with Crippen molar-refractivity contribution >= 4 is 6.03 Å². The van der Waals surface area contributed by atoms with E-state index in [2.05, 4.69) is 46.7 Å². The number of rotatable bonds is 5. The predicted octanol–water partition coefficient (Wildman–Crippen LogP) is 1.64. The number of aliphatic hydroxyl groups is 1. The molecule has 1 aromatic carbocycles. The average Bonchev–Trinajstić information content (AvgIpc) is 2.49. The third kappa shape index (κ3) is 5.31. The highest BCUT2D eigenvalue weighted by Gasteiger charge is 2.21. The van der Waals surface area contributed by atoms with Crippen LogP contribution in [0.15, 0.2) is 24.3 Å². The number of urea groups is 1. The summed E-state index contributed by atoms with van der Waals surface area (Å²) in [6, 6.07) is 8.45. The summed E-state index contributed by atoms with van der Waals surface area (Å²) in [7, 11) is 0. The van der Waals surface area contributed by atoms with Crippen LogP contribution in [-0.2, 0) is 6.54 Å². The number of piperidine rings is 1. The van der Waals surface area contributed by atoms with Crippen LogP contribution in [0.2, 0.25) is 0 Å². The van der Waals surface area contributed by atoms with Gasteiger partial charge in [-0.15, -0.1) is 0 Å². The maximum atomic E-state index is 11.7.